The molecule has 1 atom stereocenters. The standard InChI is InChI=1S/C27H23BrN2O5/c1-17-3-2-4-23(13-17)30-15-20(14-25(30)32)26(33)29-22-11-7-19(8-12-22)27(34)35-16-24(31)18-5-9-21(28)10-6-18/h2-13,20H,14-16H2,1H3,(H,29,33)/t20-/m1/s1. The number of hydrogen-bond donors (Lipinski definition) is 1. The van der Waals surface area contributed by atoms with Gasteiger partial charge in [0.05, 0.1) is 11.5 Å². The minimum atomic E-state index is -0.636. The monoisotopic (exact) mass is 534 g/mol. The van der Waals surface area contributed by atoms with Crippen molar-refractivity contribution in [2.45, 2.75) is 13.3 Å². The molecule has 1 fully saturated rings. The van der Waals surface area contributed by atoms with Crippen molar-refractivity contribution < 1.29 is 23.9 Å². The molecule has 0 aromatic heterocycles. The van der Waals surface area contributed by atoms with E-state index in [0.29, 0.717) is 17.8 Å². The second-order valence-electron chi connectivity index (χ2n) is 8.32. The van der Waals surface area contributed by atoms with Gasteiger partial charge in [-0.25, -0.2) is 4.79 Å². The van der Waals surface area contributed by atoms with Crippen LogP contribution in [-0.4, -0.2) is 36.7 Å². The number of anilines is 2. The van der Waals surface area contributed by atoms with Gasteiger partial charge in [0.1, 0.15) is 0 Å². The van der Waals surface area contributed by atoms with Crippen molar-refractivity contribution in [3.05, 3.63) is 94.0 Å². The normalized spacial score (nSPS) is 15.1. The van der Waals surface area contributed by atoms with Crippen molar-refractivity contribution in [2.75, 3.05) is 23.4 Å². The zero-order valence-corrected chi connectivity index (χ0v) is 20.6. The van der Waals surface area contributed by atoms with Crippen LogP contribution in [0.3, 0.4) is 0 Å². The summed E-state index contributed by atoms with van der Waals surface area (Å²) in [7, 11) is 0. The van der Waals surface area contributed by atoms with E-state index in [4.69, 9.17) is 4.74 Å². The van der Waals surface area contributed by atoms with Crippen molar-refractivity contribution in [2.24, 2.45) is 5.92 Å². The highest BCUT2D eigenvalue weighted by Crippen LogP contribution is 2.26. The van der Waals surface area contributed by atoms with Crippen molar-refractivity contribution in [1.29, 1.82) is 0 Å². The van der Waals surface area contributed by atoms with Crippen LogP contribution in [0.4, 0.5) is 11.4 Å². The lowest BCUT2D eigenvalue weighted by atomic mass is 10.1. The zero-order valence-electron chi connectivity index (χ0n) is 19.0. The summed E-state index contributed by atoms with van der Waals surface area (Å²) in [5.41, 5.74) is 3.03. The predicted octanol–water partition coefficient (Wildman–Crippen LogP) is 4.79. The van der Waals surface area contributed by atoms with Crippen molar-refractivity contribution in [3.8, 4) is 0 Å². The highest BCUT2D eigenvalue weighted by atomic mass is 79.9. The van der Waals surface area contributed by atoms with Gasteiger partial charge >= 0.3 is 5.97 Å². The molecule has 35 heavy (non-hydrogen) atoms. The second kappa shape index (κ2) is 10.7. The molecule has 178 valence electrons. The Morgan fingerprint density at radius 3 is 2.37 bits per heavy atom. The summed E-state index contributed by atoms with van der Waals surface area (Å²) in [5.74, 6) is -1.77. The lowest BCUT2D eigenvalue weighted by Crippen LogP contribution is -2.28. The van der Waals surface area contributed by atoms with E-state index in [1.165, 1.54) is 12.1 Å². The van der Waals surface area contributed by atoms with E-state index >= 15 is 0 Å². The van der Waals surface area contributed by atoms with Gasteiger partial charge in [0, 0.05) is 34.4 Å². The molecule has 3 aromatic carbocycles. The van der Waals surface area contributed by atoms with E-state index in [0.717, 1.165) is 15.7 Å². The average molecular weight is 535 g/mol. The van der Waals surface area contributed by atoms with E-state index in [9.17, 15) is 19.2 Å². The number of carbonyl (C=O) groups is 4. The highest BCUT2D eigenvalue weighted by molar-refractivity contribution is 9.10. The van der Waals surface area contributed by atoms with Gasteiger partial charge in [0.15, 0.2) is 12.4 Å². The third-order valence-electron chi connectivity index (χ3n) is 5.70. The van der Waals surface area contributed by atoms with Crippen LogP contribution in [0.1, 0.15) is 32.7 Å². The minimum absolute atomic E-state index is 0.0912. The summed E-state index contributed by atoms with van der Waals surface area (Å²) in [6, 6.07) is 20.6. The maximum Gasteiger partial charge on any atom is 0.338 e. The maximum atomic E-state index is 12.7. The number of nitrogens with zero attached hydrogens (tertiary/aromatic N) is 1. The molecule has 7 nitrogen and oxygen atoms in total. The van der Waals surface area contributed by atoms with Crippen molar-refractivity contribution in [1.82, 2.24) is 0 Å². The second-order valence-corrected chi connectivity index (χ2v) is 9.23. The lowest BCUT2D eigenvalue weighted by molar-refractivity contribution is -0.122. The molecule has 4 rings (SSSR count). The number of nitrogens with one attached hydrogen (secondary N) is 1. The number of amides is 2. The van der Waals surface area contributed by atoms with Gasteiger partial charge in [-0.05, 0) is 61.0 Å². The van der Waals surface area contributed by atoms with Gasteiger partial charge in [-0.1, -0.05) is 40.2 Å². The topological polar surface area (TPSA) is 92.8 Å². The molecule has 3 aromatic rings. The molecule has 2 amide bonds. The van der Waals surface area contributed by atoms with Gasteiger partial charge in [-0.3, -0.25) is 14.4 Å². The first-order valence-corrected chi connectivity index (χ1v) is 11.8. The Hall–Kier alpha value is -3.78. The van der Waals surface area contributed by atoms with Gasteiger partial charge in [-0.15, -0.1) is 0 Å². The number of ketones is 1. The van der Waals surface area contributed by atoms with Gasteiger partial charge in [0.25, 0.3) is 0 Å². The zero-order chi connectivity index (χ0) is 24.9. The van der Waals surface area contributed by atoms with Gasteiger partial charge in [-0.2, -0.15) is 0 Å². The molecule has 0 saturated carbocycles. The van der Waals surface area contributed by atoms with E-state index in [1.807, 2.05) is 31.2 Å². The Morgan fingerprint density at radius 1 is 1.00 bits per heavy atom. The molecule has 1 saturated heterocycles. The summed E-state index contributed by atoms with van der Waals surface area (Å²) >= 11 is 3.30. The number of ether oxygens (including phenoxy) is 1. The van der Waals surface area contributed by atoms with Crippen molar-refractivity contribution >= 4 is 50.9 Å². The Balaban J connectivity index is 1.30. The quantitative estimate of drug-likeness (QED) is 0.347. The third kappa shape index (κ3) is 6.02. The number of aryl methyl sites for hydroxylation is 1. The fourth-order valence-corrected chi connectivity index (χ4v) is 4.06. The van der Waals surface area contributed by atoms with E-state index in [2.05, 4.69) is 21.2 Å². The Labute approximate surface area is 211 Å². The molecule has 0 radical (unpaired) electrons. The van der Waals surface area contributed by atoms with Crippen LogP contribution in [0.2, 0.25) is 0 Å². The van der Waals surface area contributed by atoms with Gasteiger partial charge < -0.3 is 15.0 Å². The SMILES string of the molecule is Cc1cccc(N2C[C@H](C(=O)Nc3ccc(C(=O)OCC(=O)c4ccc(Br)cc4)cc3)CC2=O)c1. The molecular weight excluding hydrogens is 512 g/mol. The van der Waals surface area contributed by atoms with E-state index in [-0.39, 0.29) is 36.2 Å². The Bertz CT molecular complexity index is 1270. The Kier molecular flexibility index (Phi) is 7.41. The first-order valence-electron chi connectivity index (χ1n) is 11.0. The fourth-order valence-electron chi connectivity index (χ4n) is 3.80. The molecule has 0 unspecified atom stereocenters. The first kappa shape index (κ1) is 24.3. The summed E-state index contributed by atoms with van der Waals surface area (Å²) in [6.45, 7) is 1.89. The molecule has 1 aliphatic heterocycles. The molecule has 1 heterocycles. The lowest BCUT2D eigenvalue weighted by Gasteiger charge is -2.17. The number of carbonyl (C=O) groups excluding carboxylic acids is 4. The van der Waals surface area contributed by atoms with Crippen LogP contribution in [-0.2, 0) is 14.3 Å². The number of halogens is 1. The van der Waals surface area contributed by atoms with Crippen LogP contribution >= 0.6 is 15.9 Å². The molecule has 0 bridgehead atoms. The largest absolute Gasteiger partial charge is 0.454 e. The van der Waals surface area contributed by atoms with Gasteiger partial charge in [0.2, 0.25) is 11.8 Å². The number of Topliss-reactive ketones (excluding diaryl/α,β-unsaturated/α-hetero) is 1. The minimum Gasteiger partial charge on any atom is -0.454 e. The van der Waals surface area contributed by atoms with Crippen molar-refractivity contribution in [3.63, 3.8) is 0 Å². The Morgan fingerprint density at radius 2 is 1.69 bits per heavy atom. The van der Waals surface area contributed by atoms with Crippen LogP contribution in [0.25, 0.3) is 0 Å². The fraction of sp³-hybridized carbons (Fsp3) is 0.185. The van der Waals surface area contributed by atoms with Crippen LogP contribution in [0, 0.1) is 12.8 Å². The van der Waals surface area contributed by atoms with E-state index in [1.54, 1.807) is 41.3 Å². The van der Waals surface area contributed by atoms with Crippen LogP contribution in [0.15, 0.2) is 77.3 Å². The molecule has 8 heteroatoms. The summed E-state index contributed by atoms with van der Waals surface area (Å²) < 4.78 is 5.97. The maximum absolute atomic E-state index is 12.7. The van der Waals surface area contributed by atoms with E-state index < -0.39 is 11.9 Å². The average Bonchev–Trinajstić information content (AvgIpc) is 3.25. The molecular formula is C27H23BrN2O5. The number of benzene rings is 3. The smallest absolute Gasteiger partial charge is 0.338 e. The summed E-state index contributed by atoms with van der Waals surface area (Å²) in [6.07, 6.45) is 0.135. The first-order chi connectivity index (χ1) is 16.8. The number of esters is 1. The molecule has 0 aliphatic carbocycles. The highest BCUT2D eigenvalue weighted by Gasteiger charge is 2.35. The van der Waals surface area contributed by atoms with Crippen LogP contribution in [0.5, 0.6) is 0 Å². The predicted molar refractivity (Wildman–Crippen MR) is 135 cm³/mol. The van der Waals surface area contributed by atoms with Crippen LogP contribution < -0.4 is 10.2 Å². The number of hydrogen-bond acceptors (Lipinski definition) is 5. The summed E-state index contributed by atoms with van der Waals surface area (Å²) in [5, 5.41) is 2.80. The third-order valence-corrected chi connectivity index (χ3v) is 6.23. The molecule has 1 aliphatic rings. The number of rotatable bonds is 7. The molecule has 0 spiro atoms. The molecule has 1 N–H and O–H groups in total. The summed E-state index contributed by atoms with van der Waals surface area (Å²) in [4.78, 5) is 51.3.